The first kappa shape index (κ1) is 16.9. The summed E-state index contributed by atoms with van der Waals surface area (Å²) >= 11 is 0. The second kappa shape index (κ2) is 6.78. The number of hydrogen-bond acceptors (Lipinski definition) is 1. The van der Waals surface area contributed by atoms with Crippen LogP contribution in [0.3, 0.4) is 0 Å². The maximum atomic E-state index is 14.2. The minimum absolute atomic E-state index is 0.150. The first-order valence-corrected chi connectivity index (χ1v) is 7.62. The second-order valence-corrected chi connectivity index (χ2v) is 5.82. The Balaban J connectivity index is 2.64. The molecule has 1 N–H and O–H groups in total. The van der Waals surface area contributed by atoms with E-state index in [0.29, 0.717) is 5.57 Å². The number of allylic oxidation sites excluding steroid dienone is 1. The van der Waals surface area contributed by atoms with Gasteiger partial charge in [-0.05, 0) is 67.7 Å². The fraction of sp³-hybridized carbons (Fsp3) is 0.250. The average molecular weight is 311 g/mol. The van der Waals surface area contributed by atoms with E-state index in [2.05, 4.69) is 5.32 Å². The quantitative estimate of drug-likeness (QED) is 0.821. The minimum Gasteiger partial charge on any atom is -0.355 e. The Morgan fingerprint density at radius 1 is 1.04 bits per heavy atom. The van der Waals surface area contributed by atoms with Crippen molar-refractivity contribution in [1.82, 2.24) is 5.32 Å². The monoisotopic (exact) mass is 311 g/mol. The maximum Gasteiger partial charge on any atom is 0.246 e. The van der Waals surface area contributed by atoms with E-state index < -0.39 is 0 Å². The second-order valence-electron chi connectivity index (χ2n) is 5.82. The van der Waals surface area contributed by atoms with Gasteiger partial charge in [0, 0.05) is 12.6 Å². The molecular formula is C20H22FNO. The van der Waals surface area contributed by atoms with Crippen molar-refractivity contribution >= 4 is 11.5 Å². The van der Waals surface area contributed by atoms with E-state index in [0.717, 1.165) is 33.4 Å². The van der Waals surface area contributed by atoms with E-state index in [1.165, 1.54) is 6.07 Å². The van der Waals surface area contributed by atoms with Crippen molar-refractivity contribution in [1.29, 1.82) is 0 Å². The van der Waals surface area contributed by atoms with Crippen LogP contribution in [0.25, 0.3) is 16.7 Å². The maximum absolute atomic E-state index is 14.2. The Labute approximate surface area is 137 Å². The number of benzene rings is 2. The molecule has 120 valence electrons. The third-order valence-corrected chi connectivity index (χ3v) is 4.27. The zero-order valence-corrected chi connectivity index (χ0v) is 14.3. The smallest absolute Gasteiger partial charge is 0.246 e. The predicted octanol–water partition coefficient (Wildman–Crippen LogP) is 4.65. The Kier molecular flexibility index (Phi) is 4.99. The van der Waals surface area contributed by atoms with Crippen molar-refractivity contribution in [3.05, 3.63) is 64.5 Å². The number of amides is 1. The van der Waals surface area contributed by atoms with Gasteiger partial charge in [0.25, 0.3) is 0 Å². The highest BCUT2D eigenvalue weighted by Crippen LogP contribution is 2.32. The molecule has 0 fully saturated rings. The van der Waals surface area contributed by atoms with Gasteiger partial charge in [0.2, 0.25) is 5.91 Å². The summed E-state index contributed by atoms with van der Waals surface area (Å²) in [4.78, 5) is 11.9. The molecule has 0 unspecified atom stereocenters. The van der Waals surface area contributed by atoms with E-state index in [4.69, 9.17) is 0 Å². The van der Waals surface area contributed by atoms with Crippen LogP contribution < -0.4 is 5.32 Å². The number of nitrogens with one attached hydrogen (secondary N) is 1. The highest BCUT2D eigenvalue weighted by Gasteiger charge is 2.14. The third-order valence-electron chi connectivity index (χ3n) is 4.27. The number of hydrogen-bond donors (Lipinski definition) is 1. The molecule has 2 nitrogen and oxygen atoms in total. The van der Waals surface area contributed by atoms with E-state index in [1.807, 2.05) is 45.0 Å². The van der Waals surface area contributed by atoms with E-state index >= 15 is 0 Å². The topological polar surface area (TPSA) is 29.1 Å². The number of halogens is 1. The van der Waals surface area contributed by atoms with Gasteiger partial charge in [-0.1, -0.05) is 29.8 Å². The highest BCUT2D eigenvalue weighted by atomic mass is 19.1. The third kappa shape index (κ3) is 3.50. The largest absolute Gasteiger partial charge is 0.355 e. The van der Waals surface area contributed by atoms with Crippen LogP contribution >= 0.6 is 0 Å². The Bertz CT molecular complexity index is 773. The summed E-state index contributed by atoms with van der Waals surface area (Å²) in [6.07, 6.45) is 0. The molecule has 0 bridgehead atoms. The highest BCUT2D eigenvalue weighted by molar-refractivity contribution is 6.00. The van der Waals surface area contributed by atoms with Gasteiger partial charge in [-0.3, -0.25) is 4.79 Å². The van der Waals surface area contributed by atoms with Gasteiger partial charge in [-0.15, -0.1) is 0 Å². The summed E-state index contributed by atoms with van der Waals surface area (Å²) in [5, 5.41) is 2.61. The van der Waals surface area contributed by atoms with E-state index in [9.17, 15) is 9.18 Å². The summed E-state index contributed by atoms with van der Waals surface area (Å²) < 4.78 is 14.2. The molecule has 0 atom stereocenters. The Hall–Kier alpha value is -2.42. The van der Waals surface area contributed by atoms with Crippen molar-refractivity contribution in [2.24, 2.45) is 0 Å². The van der Waals surface area contributed by atoms with Gasteiger partial charge in [0.15, 0.2) is 0 Å². The van der Waals surface area contributed by atoms with Crippen LogP contribution in [0.2, 0.25) is 0 Å². The zero-order valence-electron chi connectivity index (χ0n) is 14.3. The summed E-state index contributed by atoms with van der Waals surface area (Å²) in [7, 11) is 1.59. The number of likely N-dealkylation sites (N-methyl/N-ethyl adjacent to an activating group) is 1. The van der Waals surface area contributed by atoms with Gasteiger partial charge in [0.05, 0.1) is 0 Å². The van der Waals surface area contributed by atoms with E-state index in [-0.39, 0.29) is 11.7 Å². The summed E-state index contributed by atoms with van der Waals surface area (Å²) in [5.41, 5.74) is 6.10. The molecule has 0 aliphatic carbocycles. The number of carbonyl (C=O) groups excluding carboxylic acids is 1. The lowest BCUT2D eigenvalue weighted by molar-refractivity contribution is -0.116. The van der Waals surface area contributed by atoms with Gasteiger partial charge in [-0.2, -0.15) is 0 Å². The van der Waals surface area contributed by atoms with Crippen LogP contribution in [-0.4, -0.2) is 13.0 Å². The first-order chi connectivity index (χ1) is 10.8. The first-order valence-electron chi connectivity index (χ1n) is 7.62. The molecule has 0 spiro atoms. The molecule has 0 aliphatic heterocycles. The number of aryl methyl sites for hydroxylation is 1. The molecule has 3 heteroatoms. The molecule has 23 heavy (non-hydrogen) atoms. The number of carbonyl (C=O) groups is 1. The van der Waals surface area contributed by atoms with Gasteiger partial charge in [-0.25, -0.2) is 4.39 Å². The van der Waals surface area contributed by atoms with Crippen molar-refractivity contribution in [2.75, 3.05) is 7.05 Å². The standard InChI is InChI=1S/C20H22FNO/c1-12-6-8-16(9-7-12)19-11-17(21)10-18(15(19)4)13(2)14(3)20(23)22-5/h6-11H,1-5H3,(H,22,23)/b14-13+. The predicted molar refractivity (Wildman–Crippen MR) is 93.6 cm³/mol. The van der Waals surface area contributed by atoms with Crippen molar-refractivity contribution < 1.29 is 9.18 Å². The van der Waals surface area contributed by atoms with Gasteiger partial charge < -0.3 is 5.32 Å². The van der Waals surface area contributed by atoms with Crippen LogP contribution in [0, 0.1) is 19.7 Å². The molecule has 0 heterocycles. The molecule has 0 saturated heterocycles. The molecule has 0 aliphatic rings. The molecule has 0 aromatic heterocycles. The Morgan fingerprint density at radius 3 is 2.22 bits per heavy atom. The van der Waals surface area contributed by atoms with Gasteiger partial charge >= 0.3 is 0 Å². The fourth-order valence-corrected chi connectivity index (χ4v) is 2.66. The SMILES string of the molecule is CNC(=O)/C(C)=C(\C)c1cc(F)cc(-c2ccc(C)cc2)c1C. The lowest BCUT2D eigenvalue weighted by Crippen LogP contribution is -2.19. The number of rotatable bonds is 3. The normalized spacial score (nSPS) is 11.9. The van der Waals surface area contributed by atoms with Crippen molar-refractivity contribution in [3.63, 3.8) is 0 Å². The molecular weight excluding hydrogens is 289 g/mol. The van der Waals surface area contributed by atoms with Crippen LogP contribution in [0.5, 0.6) is 0 Å². The zero-order chi connectivity index (χ0) is 17.1. The Morgan fingerprint density at radius 2 is 1.65 bits per heavy atom. The summed E-state index contributed by atoms with van der Waals surface area (Å²) in [6.45, 7) is 7.59. The molecule has 0 radical (unpaired) electrons. The van der Waals surface area contributed by atoms with Crippen LogP contribution in [0.15, 0.2) is 42.0 Å². The van der Waals surface area contributed by atoms with E-state index in [1.54, 1.807) is 20.0 Å². The minimum atomic E-state index is -0.301. The van der Waals surface area contributed by atoms with Gasteiger partial charge in [0.1, 0.15) is 5.82 Å². The van der Waals surface area contributed by atoms with Crippen LogP contribution in [0.4, 0.5) is 4.39 Å². The van der Waals surface area contributed by atoms with Crippen molar-refractivity contribution in [3.8, 4) is 11.1 Å². The van der Waals surface area contributed by atoms with Crippen LogP contribution in [-0.2, 0) is 4.79 Å². The summed E-state index contributed by atoms with van der Waals surface area (Å²) in [5.74, 6) is -0.451. The van der Waals surface area contributed by atoms with Crippen LogP contribution in [0.1, 0.15) is 30.5 Å². The fourth-order valence-electron chi connectivity index (χ4n) is 2.66. The lowest BCUT2D eigenvalue weighted by Gasteiger charge is -2.15. The lowest BCUT2D eigenvalue weighted by atomic mass is 9.91. The molecule has 2 rings (SSSR count). The summed E-state index contributed by atoms with van der Waals surface area (Å²) in [6, 6.07) is 11.0. The molecule has 2 aromatic rings. The van der Waals surface area contributed by atoms with Crippen molar-refractivity contribution in [2.45, 2.75) is 27.7 Å². The molecule has 0 saturated carbocycles. The average Bonchev–Trinajstić information content (AvgIpc) is 2.55. The molecule has 2 aromatic carbocycles. The molecule has 1 amide bonds.